The molecule has 0 amide bonds. The number of hydrogen-bond acceptors (Lipinski definition) is 4. The molecule has 1 aliphatic rings. The zero-order valence-electron chi connectivity index (χ0n) is 16.2. The van der Waals surface area contributed by atoms with Crippen LogP contribution in [0.2, 0.25) is 0 Å². The lowest BCUT2D eigenvalue weighted by molar-refractivity contribution is 0.511. The summed E-state index contributed by atoms with van der Waals surface area (Å²) < 4.78 is 1.99. The van der Waals surface area contributed by atoms with E-state index in [4.69, 9.17) is 4.99 Å². The molecule has 0 aliphatic heterocycles. The highest BCUT2D eigenvalue weighted by Crippen LogP contribution is 2.26. The number of thiophene rings is 1. The van der Waals surface area contributed by atoms with Gasteiger partial charge < -0.3 is 15.2 Å². The molecule has 1 aliphatic carbocycles. The van der Waals surface area contributed by atoms with Crippen molar-refractivity contribution in [1.82, 2.24) is 25.4 Å². The minimum atomic E-state index is 0.0632. The molecule has 7 heteroatoms. The van der Waals surface area contributed by atoms with E-state index >= 15 is 0 Å². The molecule has 1 fully saturated rings. The number of aromatic nitrogens is 3. The van der Waals surface area contributed by atoms with Crippen LogP contribution in [0.1, 0.15) is 56.1 Å². The molecule has 0 spiro atoms. The molecule has 2 aromatic rings. The first-order valence-electron chi connectivity index (χ1n) is 9.39. The molecule has 6 nitrogen and oxygen atoms in total. The molecule has 3 rings (SSSR count). The number of nitrogens with zero attached hydrogens (tertiary/aromatic N) is 4. The van der Waals surface area contributed by atoms with Crippen LogP contribution in [-0.4, -0.2) is 33.3 Å². The first-order chi connectivity index (χ1) is 12.5. The summed E-state index contributed by atoms with van der Waals surface area (Å²) in [6, 6.07) is 4.84. The van der Waals surface area contributed by atoms with E-state index in [0.29, 0.717) is 12.6 Å². The van der Waals surface area contributed by atoms with Crippen LogP contribution in [0.5, 0.6) is 0 Å². The van der Waals surface area contributed by atoms with Crippen LogP contribution in [0.4, 0.5) is 0 Å². The molecular weight excluding hydrogens is 344 g/mol. The van der Waals surface area contributed by atoms with Crippen molar-refractivity contribution in [1.29, 1.82) is 0 Å². The largest absolute Gasteiger partial charge is 0.355 e. The second-order valence-corrected chi connectivity index (χ2v) is 8.68. The Morgan fingerprint density at radius 3 is 2.73 bits per heavy atom. The number of guanidine groups is 1. The molecule has 2 aromatic heterocycles. The van der Waals surface area contributed by atoms with E-state index in [-0.39, 0.29) is 5.41 Å². The third-order valence-electron chi connectivity index (χ3n) is 5.14. The van der Waals surface area contributed by atoms with E-state index in [2.05, 4.69) is 52.2 Å². The Kier molecular flexibility index (Phi) is 5.96. The summed E-state index contributed by atoms with van der Waals surface area (Å²) in [6.07, 6.45) is 5.04. The molecule has 0 atom stereocenters. The summed E-state index contributed by atoms with van der Waals surface area (Å²) in [6.45, 7) is 7.86. The van der Waals surface area contributed by atoms with Gasteiger partial charge in [-0.25, -0.2) is 4.99 Å². The second-order valence-electron chi connectivity index (χ2n) is 7.73. The average Bonchev–Trinajstić information content (AvgIpc) is 3.36. The molecule has 1 saturated carbocycles. The van der Waals surface area contributed by atoms with Crippen molar-refractivity contribution in [2.45, 2.75) is 64.5 Å². The first-order valence-corrected chi connectivity index (χ1v) is 10.3. The van der Waals surface area contributed by atoms with Gasteiger partial charge in [0.15, 0.2) is 11.8 Å². The Morgan fingerprint density at radius 1 is 1.35 bits per heavy atom. The summed E-state index contributed by atoms with van der Waals surface area (Å²) >= 11 is 1.81. The van der Waals surface area contributed by atoms with Gasteiger partial charge in [0.25, 0.3) is 0 Å². The fourth-order valence-electron chi connectivity index (χ4n) is 3.21. The standard InChI is InChI=1S/C19H30N6S/c1-14-23-24-17(25(14)4)12-20-18(22-15-8-5-6-9-15)21-13-19(2,3)16-10-7-11-26-16/h7,10-11,15H,5-6,8-9,12-13H2,1-4H3,(H2,20,21,22). The van der Waals surface area contributed by atoms with Crippen molar-refractivity contribution in [3.05, 3.63) is 34.0 Å². The van der Waals surface area contributed by atoms with Gasteiger partial charge in [0.1, 0.15) is 12.4 Å². The lowest BCUT2D eigenvalue weighted by Gasteiger charge is -2.26. The van der Waals surface area contributed by atoms with Crippen molar-refractivity contribution < 1.29 is 0 Å². The zero-order valence-corrected chi connectivity index (χ0v) is 17.1. The average molecular weight is 375 g/mol. The second kappa shape index (κ2) is 8.20. The van der Waals surface area contributed by atoms with E-state index in [9.17, 15) is 0 Å². The van der Waals surface area contributed by atoms with E-state index in [0.717, 1.165) is 24.2 Å². The maximum absolute atomic E-state index is 4.79. The SMILES string of the molecule is Cc1nnc(CN=C(NCC(C)(C)c2cccs2)NC2CCCC2)n1C. The highest BCUT2D eigenvalue weighted by atomic mass is 32.1. The predicted molar refractivity (Wildman–Crippen MR) is 108 cm³/mol. The lowest BCUT2D eigenvalue weighted by atomic mass is 9.91. The van der Waals surface area contributed by atoms with Gasteiger partial charge in [0, 0.05) is 29.9 Å². The molecule has 2 heterocycles. The Balaban J connectivity index is 1.68. The minimum absolute atomic E-state index is 0.0632. The van der Waals surface area contributed by atoms with Gasteiger partial charge in [0.05, 0.1) is 0 Å². The Morgan fingerprint density at radius 2 is 2.12 bits per heavy atom. The van der Waals surface area contributed by atoms with Crippen LogP contribution >= 0.6 is 11.3 Å². The van der Waals surface area contributed by atoms with Crippen molar-refractivity contribution in [3.8, 4) is 0 Å². The van der Waals surface area contributed by atoms with E-state index in [1.165, 1.54) is 30.6 Å². The van der Waals surface area contributed by atoms with Crippen LogP contribution in [0.3, 0.4) is 0 Å². The van der Waals surface area contributed by atoms with E-state index in [1.807, 2.05) is 29.9 Å². The first kappa shape index (κ1) is 18.9. The molecular formula is C19H30N6S. The van der Waals surface area contributed by atoms with Gasteiger partial charge in [-0.1, -0.05) is 32.8 Å². The third-order valence-corrected chi connectivity index (χ3v) is 6.38. The molecule has 26 heavy (non-hydrogen) atoms. The Bertz CT molecular complexity index is 725. The van der Waals surface area contributed by atoms with Crippen LogP contribution in [0.25, 0.3) is 0 Å². The Labute approximate surface area is 160 Å². The fourth-order valence-corrected chi connectivity index (χ4v) is 4.06. The molecule has 2 N–H and O–H groups in total. The number of aliphatic imine (C=N–C) groups is 1. The number of nitrogens with one attached hydrogen (secondary N) is 2. The number of rotatable bonds is 6. The topological polar surface area (TPSA) is 67.1 Å². The maximum Gasteiger partial charge on any atom is 0.191 e. The van der Waals surface area contributed by atoms with Crippen LogP contribution in [0.15, 0.2) is 22.5 Å². The highest BCUT2D eigenvalue weighted by molar-refractivity contribution is 7.10. The predicted octanol–water partition coefficient (Wildman–Crippen LogP) is 3.14. The van der Waals surface area contributed by atoms with Crippen molar-refractivity contribution in [3.63, 3.8) is 0 Å². The van der Waals surface area contributed by atoms with Gasteiger partial charge in [0.2, 0.25) is 0 Å². The maximum atomic E-state index is 4.79. The zero-order chi connectivity index (χ0) is 18.6. The van der Waals surface area contributed by atoms with Crippen molar-refractivity contribution >= 4 is 17.3 Å². The minimum Gasteiger partial charge on any atom is -0.355 e. The van der Waals surface area contributed by atoms with Gasteiger partial charge in [-0.2, -0.15) is 0 Å². The van der Waals surface area contributed by atoms with E-state index in [1.54, 1.807) is 0 Å². The molecule has 0 radical (unpaired) electrons. The van der Waals surface area contributed by atoms with Gasteiger partial charge in [-0.05, 0) is 31.2 Å². The normalized spacial score (nSPS) is 16.2. The van der Waals surface area contributed by atoms with E-state index < -0.39 is 0 Å². The molecule has 142 valence electrons. The summed E-state index contributed by atoms with van der Waals surface area (Å²) in [5.41, 5.74) is 0.0632. The van der Waals surface area contributed by atoms with Gasteiger partial charge >= 0.3 is 0 Å². The Hall–Kier alpha value is -1.89. The third kappa shape index (κ3) is 4.63. The highest BCUT2D eigenvalue weighted by Gasteiger charge is 2.23. The number of hydrogen-bond donors (Lipinski definition) is 2. The van der Waals surface area contributed by atoms with Crippen LogP contribution in [-0.2, 0) is 19.0 Å². The fraction of sp³-hybridized carbons (Fsp3) is 0.632. The quantitative estimate of drug-likeness (QED) is 0.602. The molecule has 0 bridgehead atoms. The summed E-state index contributed by atoms with van der Waals surface area (Å²) in [5, 5.41) is 17.7. The summed E-state index contributed by atoms with van der Waals surface area (Å²) in [5.74, 6) is 2.67. The molecule has 0 unspecified atom stereocenters. The van der Waals surface area contributed by atoms with Gasteiger partial charge in [-0.15, -0.1) is 21.5 Å². The number of aryl methyl sites for hydroxylation is 1. The van der Waals surface area contributed by atoms with Crippen LogP contribution < -0.4 is 10.6 Å². The smallest absolute Gasteiger partial charge is 0.191 e. The van der Waals surface area contributed by atoms with Crippen molar-refractivity contribution in [2.75, 3.05) is 6.54 Å². The summed E-state index contributed by atoms with van der Waals surface area (Å²) in [7, 11) is 1.98. The van der Waals surface area contributed by atoms with Gasteiger partial charge in [-0.3, -0.25) is 0 Å². The molecule has 0 saturated heterocycles. The summed E-state index contributed by atoms with van der Waals surface area (Å²) in [4.78, 5) is 6.17. The van der Waals surface area contributed by atoms with Crippen molar-refractivity contribution in [2.24, 2.45) is 12.0 Å². The van der Waals surface area contributed by atoms with Crippen LogP contribution in [0, 0.1) is 6.92 Å². The monoisotopic (exact) mass is 374 g/mol. The lowest BCUT2D eigenvalue weighted by Crippen LogP contribution is -2.46. The molecule has 0 aromatic carbocycles.